The highest BCUT2D eigenvalue weighted by Crippen LogP contribution is 2.22. The largest absolute Gasteiger partial charge is 0.383 e. The van der Waals surface area contributed by atoms with E-state index in [2.05, 4.69) is 49.1 Å². The molecule has 0 aliphatic carbocycles. The van der Waals surface area contributed by atoms with Crippen molar-refractivity contribution in [2.45, 2.75) is 32.2 Å². The molecular formula is C16H28N2O. The zero-order chi connectivity index (χ0) is 14.1. The Hall–Kier alpha value is -0.900. The van der Waals surface area contributed by atoms with E-state index in [1.807, 2.05) is 0 Å². The number of nitrogens with two attached hydrogens (primary N) is 1. The minimum atomic E-state index is 0.426. The van der Waals surface area contributed by atoms with Gasteiger partial charge in [0.1, 0.15) is 0 Å². The molecule has 19 heavy (non-hydrogen) atoms. The van der Waals surface area contributed by atoms with Crippen molar-refractivity contribution in [2.75, 3.05) is 33.4 Å². The maximum Gasteiger partial charge on any atom is 0.0589 e. The van der Waals surface area contributed by atoms with Gasteiger partial charge in [0, 0.05) is 26.2 Å². The lowest BCUT2D eigenvalue weighted by atomic mass is 9.93. The highest BCUT2D eigenvalue weighted by atomic mass is 16.5. The molecule has 0 radical (unpaired) electrons. The quantitative estimate of drug-likeness (QED) is 0.744. The lowest BCUT2D eigenvalue weighted by Crippen LogP contribution is -2.43. The number of methoxy groups -OCH3 is 1. The number of rotatable bonds is 9. The molecule has 3 heteroatoms. The van der Waals surface area contributed by atoms with Crippen molar-refractivity contribution in [3.05, 3.63) is 35.9 Å². The molecule has 0 spiro atoms. The third-order valence-electron chi connectivity index (χ3n) is 3.77. The van der Waals surface area contributed by atoms with Crippen molar-refractivity contribution in [3.8, 4) is 0 Å². The Balaban J connectivity index is 2.59. The summed E-state index contributed by atoms with van der Waals surface area (Å²) in [5, 5.41) is 0. The molecule has 0 amide bonds. The average Bonchev–Trinajstić information content (AvgIpc) is 2.47. The zero-order valence-corrected chi connectivity index (χ0v) is 12.5. The average molecular weight is 264 g/mol. The van der Waals surface area contributed by atoms with E-state index in [4.69, 9.17) is 10.5 Å². The SMILES string of the molecule is CCN(CCOC)C(CN)CC(C)c1ccccc1. The predicted molar refractivity (Wildman–Crippen MR) is 81.4 cm³/mol. The molecule has 2 atom stereocenters. The first-order chi connectivity index (χ1) is 9.22. The van der Waals surface area contributed by atoms with E-state index in [1.54, 1.807) is 7.11 Å². The van der Waals surface area contributed by atoms with Crippen molar-refractivity contribution in [3.63, 3.8) is 0 Å². The molecule has 1 aromatic carbocycles. The van der Waals surface area contributed by atoms with Gasteiger partial charge in [-0.3, -0.25) is 4.90 Å². The van der Waals surface area contributed by atoms with Crippen LogP contribution in [0.4, 0.5) is 0 Å². The van der Waals surface area contributed by atoms with Crippen molar-refractivity contribution in [2.24, 2.45) is 5.73 Å². The van der Waals surface area contributed by atoms with Gasteiger partial charge < -0.3 is 10.5 Å². The number of nitrogens with zero attached hydrogens (tertiary/aromatic N) is 1. The third kappa shape index (κ3) is 5.31. The molecule has 0 aliphatic rings. The number of likely N-dealkylation sites (N-methyl/N-ethyl adjacent to an activating group) is 1. The lowest BCUT2D eigenvalue weighted by Gasteiger charge is -2.31. The Kier molecular flexibility index (Phi) is 7.72. The predicted octanol–water partition coefficient (Wildman–Crippen LogP) is 2.48. The maximum atomic E-state index is 5.96. The Bertz CT molecular complexity index is 329. The first-order valence-corrected chi connectivity index (χ1v) is 7.20. The van der Waals surface area contributed by atoms with Gasteiger partial charge in [-0.15, -0.1) is 0 Å². The van der Waals surface area contributed by atoms with E-state index >= 15 is 0 Å². The maximum absolute atomic E-state index is 5.96. The molecule has 1 aromatic rings. The smallest absolute Gasteiger partial charge is 0.0589 e. The van der Waals surface area contributed by atoms with E-state index in [0.29, 0.717) is 18.5 Å². The molecule has 3 nitrogen and oxygen atoms in total. The van der Waals surface area contributed by atoms with Crippen LogP contribution in [0.3, 0.4) is 0 Å². The van der Waals surface area contributed by atoms with Gasteiger partial charge in [0.15, 0.2) is 0 Å². The van der Waals surface area contributed by atoms with Crippen LogP contribution < -0.4 is 5.73 Å². The molecule has 108 valence electrons. The molecule has 0 aromatic heterocycles. The molecule has 0 saturated heterocycles. The number of hydrogen-bond acceptors (Lipinski definition) is 3. The fourth-order valence-electron chi connectivity index (χ4n) is 2.53. The molecule has 0 heterocycles. The summed E-state index contributed by atoms with van der Waals surface area (Å²) in [5.74, 6) is 0.534. The van der Waals surface area contributed by atoms with E-state index in [0.717, 1.165) is 26.1 Å². The molecular weight excluding hydrogens is 236 g/mol. The molecule has 0 bridgehead atoms. The van der Waals surface area contributed by atoms with Crippen LogP contribution in [0, 0.1) is 0 Å². The number of hydrogen-bond donors (Lipinski definition) is 1. The Labute approximate surface area is 117 Å². The standard InChI is InChI=1S/C16H28N2O/c1-4-18(10-11-19-3)16(13-17)12-14(2)15-8-6-5-7-9-15/h5-9,14,16H,4,10-13,17H2,1-3H3. The van der Waals surface area contributed by atoms with Crippen LogP contribution in [0.25, 0.3) is 0 Å². The second kappa shape index (κ2) is 9.08. The van der Waals surface area contributed by atoms with Crippen molar-refractivity contribution in [1.29, 1.82) is 0 Å². The van der Waals surface area contributed by atoms with Crippen LogP contribution in [0.15, 0.2) is 30.3 Å². The molecule has 0 aliphatic heterocycles. The summed E-state index contributed by atoms with van der Waals surface area (Å²) in [7, 11) is 1.75. The van der Waals surface area contributed by atoms with Crippen molar-refractivity contribution < 1.29 is 4.74 Å². The minimum absolute atomic E-state index is 0.426. The Morgan fingerprint density at radius 3 is 2.47 bits per heavy atom. The third-order valence-corrected chi connectivity index (χ3v) is 3.77. The van der Waals surface area contributed by atoms with E-state index < -0.39 is 0 Å². The summed E-state index contributed by atoms with van der Waals surface area (Å²) in [6, 6.07) is 11.1. The van der Waals surface area contributed by atoms with Gasteiger partial charge in [-0.2, -0.15) is 0 Å². The van der Waals surface area contributed by atoms with Gasteiger partial charge in [0.25, 0.3) is 0 Å². The summed E-state index contributed by atoms with van der Waals surface area (Å²) in [6.45, 7) is 7.91. The summed E-state index contributed by atoms with van der Waals surface area (Å²) >= 11 is 0. The second-order valence-electron chi connectivity index (χ2n) is 5.06. The van der Waals surface area contributed by atoms with Crippen molar-refractivity contribution >= 4 is 0 Å². The van der Waals surface area contributed by atoms with Crippen LogP contribution >= 0.6 is 0 Å². The highest BCUT2D eigenvalue weighted by Gasteiger charge is 2.18. The van der Waals surface area contributed by atoms with Crippen LogP contribution in [-0.4, -0.2) is 44.3 Å². The van der Waals surface area contributed by atoms with E-state index in [-0.39, 0.29) is 0 Å². The monoisotopic (exact) mass is 264 g/mol. The molecule has 0 saturated carbocycles. The van der Waals surface area contributed by atoms with Gasteiger partial charge in [-0.1, -0.05) is 44.2 Å². The highest BCUT2D eigenvalue weighted by molar-refractivity contribution is 5.18. The topological polar surface area (TPSA) is 38.5 Å². The fourth-order valence-corrected chi connectivity index (χ4v) is 2.53. The van der Waals surface area contributed by atoms with Crippen molar-refractivity contribution in [1.82, 2.24) is 4.90 Å². The molecule has 1 rings (SSSR count). The van der Waals surface area contributed by atoms with Gasteiger partial charge in [0.2, 0.25) is 0 Å². The van der Waals surface area contributed by atoms with E-state index in [1.165, 1.54) is 5.56 Å². The second-order valence-corrected chi connectivity index (χ2v) is 5.06. The summed E-state index contributed by atoms with van der Waals surface area (Å²) in [6.07, 6.45) is 1.10. The van der Waals surface area contributed by atoms with Crippen LogP contribution in [0.2, 0.25) is 0 Å². The number of ether oxygens (including phenoxy) is 1. The summed E-state index contributed by atoms with van der Waals surface area (Å²) in [5.41, 5.74) is 7.36. The van der Waals surface area contributed by atoms with Crippen LogP contribution in [0.5, 0.6) is 0 Å². The zero-order valence-electron chi connectivity index (χ0n) is 12.5. The fraction of sp³-hybridized carbons (Fsp3) is 0.625. The van der Waals surface area contributed by atoms with Gasteiger partial charge in [-0.05, 0) is 24.4 Å². The van der Waals surface area contributed by atoms with Gasteiger partial charge in [0.05, 0.1) is 6.61 Å². The van der Waals surface area contributed by atoms with Gasteiger partial charge >= 0.3 is 0 Å². The van der Waals surface area contributed by atoms with Crippen LogP contribution in [-0.2, 0) is 4.74 Å². The summed E-state index contributed by atoms with van der Waals surface area (Å²) in [4.78, 5) is 2.42. The Morgan fingerprint density at radius 2 is 1.95 bits per heavy atom. The minimum Gasteiger partial charge on any atom is -0.383 e. The lowest BCUT2D eigenvalue weighted by molar-refractivity contribution is 0.120. The first kappa shape index (κ1) is 16.2. The number of benzene rings is 1. The molecule has 0 fully saturated rings. The van der Waals surface area contributed by atoms with Gasteiger partial charge in [-0.25, -0.2) is 0 Å². The van der Waals surface area contributed by atoms with E-state index in [9.17, 15) is 0 Å². The molecule has 2 N–H and O–H groups in total. The first-order valence-electron chi connectivity index (χ1n) is 7.20. The summed E-state index contributed by atoms with van der Waals surface area (Å²) < 4.78 is 5.18. The normalized spacial score (nSPS) is 14.6. The molecule has 2 unspecified atom stereocenters. The Morgan fingerprint density at radius 1 is 1.26 bits per heavy atom. The van der Waals surface area contributed by atoms with Crippen LogP contribution in [0.1, 0.15) is 31.7 Å².